The maximum atomic E-state index is 13.7. The van der Waals surface area contributed by atoms with Gasteiger partial charge in [-0.15, -0.1) is 0 Å². The molecule has 0 heterocycles. The van der Waals surface area contributed by atoms with Gasteiger partial charge in [-0.25, -0.2) is 8.78 Å². The van der Waals surface area contributed by atoms with E-state index < -0.39 is 23.4 Å². The molecule has 0 bridgehead atoms. The van der Waals surface area contributed by atoms with Crippen LogP contribution in [0.15, 0.2) is 47.4 Å². The summed E-state index contributed by atoms with van der Waals surface area (Å²) >= 11 is 0.406. The molecule has 0 fully saturated rings. The Morgan fingerprint density at radius 3 is 2.43 bits per heavy atom. The van der Waals surface area contributed by atoms with E-state index in [4.69, 9.17) is 0 Å². The first-order chi connectivity index (χ1) is 9.99. The normalized spacial score (nSPS) is 12.5. The number of nitrogens with one attached hydrogen (secondary N) is 1. The zero-order chi connectivity index (χ0) is 15.4. The van der Waals surface area contributed by atoms with Gasteiger partial charge in [0.25, 0.3) is 5.76 Å². The van der Waals surface area contributed by atoms with Crippen LogP contribution in [0, 0.1) is 11.6 Å². The molecule has 0 aliphatic rings. The summed E-state index contributed by atoms with van der Waals surface area (Å²) in [5.41, 5.74) is 0.603. The van der Waals surface area contributed by atoms with E-state index in [2.05, 4.69) is 5.32 Å². The van der Waals surface area contributed by atoms with Crippen molar-refractivity contribution in [3.05, 3.63) is 59.7 Å². The molecule has 0 aliphatic heterocycles. The van der Waals surface area contributed by atoms with Crippen LogP contribution in [0.5, 0.6) is 0 Å². The molecule has 0 aliphatic carbocycles. The van der Waals surface area contributed by atoms with Crippen LogP contribution >= 0.6 is 11.8 Å². The molecular weight excluding hydrogens is 302 g/mol. The summed E-state index contributed by atoms with van der Waals surface area (Å²) in [5.74, 6) is -4.41. The van der Waals surface area contributed by atoms with Crippen LogP contribution in [0.2, 0.25) is 0 Å². The first kappa shape index (κ1) is 15.7. The average Bonchev–Trinajstić information content (AvgIpc) is 2.43. The van der Waals surface area contributed by atoms with E-state index in [1.807, 2.05) is 0 Å². The zero-order valence-corrected chi connectivity index (χ0v) is 11.9. The molecule has 2 aromatic carbocycles. The number of hydrogen-bond acceptors (Lipinski definition) is 2. The Kier molecular flexibility index (Phi) is 5.12. The van der Waals surface area contributed by atoms with E-state index in [1.165, 1.54) is 12.1 Å². The van der Waals surface area contributed by atoms with E-state index in [-0.39, 0.29) is 5.56 Å². The lowest BCUT2D eigenvalue weighted by Crippen LogP contribution is -2.10. The number of anilines is 1. The third-order valence-corrected chi connectivity index (χ3v) is 3.71. The summed E-state index contributed by atoms with van der Waals surface area (Å²) in [7, 11) is 0. The van der Waals surface area contributed by atoms with E-state index in [0.717, 1.165) is 6.07 Å². The van der Waals surface area contributed by atoms with Crippen molar-refractivity contribution >= 4 is 17.4 Å². The predicted molar refractivity (Wildman–Crippen MR) is 76.7 cm³/mol. The maximum Gasteiger partial charge on any atom is 0.288 e. The van der Waals surface area contributed by atoms with Crippen molar-refractivity contribution in [1.82, 2.24) is 0 Å². The minimum atomic E-state index is -2.55. The summed E-state index contributed by atoms with van der Waals surface area (Å²) in [6.45, 7) is 1.64. The van der Waals surface area contributed by atoms with Crippen molar-refractivity contribution in [3.63, 3.8) is 0 Å². The molecule has 0 amide bonds. The molecule has 2 rings (SSSR count). The molecule has 112 valence electrons. The summed E-state index contributed by atoms with van der Waals surface area (Å²) in [6, 6.07) is 9.85. The molecule has 0 radical (unpaired) electrons. The molecule has 1 atom stereocenters. The highest BCUT2D eigenvalue weighted by molar-refractivity contribution is 7.99. The largest absolute Gasteiger partial charge is 0.378 e. The SMILES string of the molecule is CC(Nc1ccccc1SC(F)F)c1cccc(F)c1F. The summed E-state index contributed by atoms with van der Waals surface area (Å²) < 4.78 is 52.0. The van der Waals surface area contributed by atoms with Crippen molar-refractivity contribution in [1.29, 1.82) is 0 Å². The van der Waals surface area contributed by atoms with Crippen molar-refractivity contribution in [2.24, 2.45) is 0 Å². The third kappa shape index (κ3) is 3.91. The quantitative estimate of drug-likeness (QED) is 0.581. The van der Waals surface area contributed by atoms with Crippen LogP contribution in [-0.2, 0) is 0 Å². The minimum absolute atomic E-state index is 0.145. The number of para-hydroxylation sites is 1. The van der Waals surface area contributed by atoms with E-state index in [0.29, 0.717) is 22.3 Å². The Bertz CT molecular complexity index is 618. The molecule has 0 saturated carbocycles. The Balaban J connectivity index is 2.23. The molecule has 0 saturated heterocycles. The summed E-state index contributed by atoms with van der Waals surface area (Å²) in [6.07, 6.45) is 0. The van der Waals surface area contributed by atoms with Crippen molar-refractivity contribution in [2.75, 3.05) is 5.32 Å². The highest BCUT2D eigenvalue weighted by atomic mass is 32.2. The molecule has 6 heteroatoms. The van der Waals surface area contributed by atoms with Crippen LogP contribution in [0.3, 0.4) is 0 Å². The topological polar surface area (TPSA) is 12.0 Å². The third-order valence-electron chi connectivity index (χ3n) is 2.92. The number of benzene rings is 2. The van der Waals surface area contributed by atoms with E-state index >= 15 is 0 Å². The summed E-state index contributed by atoms with van der Waals surface area (Å²) in [4.78, 5) is 0.358. The lowest BCUT2D eigenvalue weighted by molar-refractivity contribution is 0.252. The first-order valence-electron chi connectivity index (χ1n) is 6.23. The lowest BCUT2D eigenvalue weighted by Gasteiger charge is -2.18. The van der Waals surface area contributed by atoms with Gasteiger partial charge >= 0.3 is 0 Å². The average molecular weight is 315 g/mol. The molecule has 2 aromatic rings. The number of alkyl halides is 2. The Labute approximate surface area is 124 Å². The Hall–Kier alpha value is -1.69. The van der Waals surface area contributed by atoms with Gasteiger partial charge in [0.1, 0.15) is 0 Å². The van der Waals surface area contributed by atoms with Gasteiger partial charge in [-0.05, 0) is 25.1 Å². The molecule has 0 spiro atoms. The molecule has 1 unspecified atom stereocenters. The van der Waals surface area contributed by atoms with Crippen LogP contribution in [0.4, 0.5) is 23.2 Å². The van der Waals surface area contributed by atoms with Gasteiger partial charge in [0, 0.05) is 16.1 Å². The van der Waals surface area contributed by atoms with Gasteiger partial charge in [0.05, 0.1) is 6.04 Å². The van der Waals surface area contributed by atoms with Gasteiger partial charge in [-0.3, -0.25) is 0 Å². The van der Waals surface area contributed by atoms with Crippen LogP contribution < -0.4 is 5.32 Å². The second kappa shape index (κ2) is 6.85. The van der Waals surface area contributed by atoms with Gasteiger partial charge in [0.15, 0.2) is 11.6 Å². The first-order valence-corrected chi connectivity index (χ1v) is 7.11. The minimum Gasteiger partial charge on any atom is -0.378 e. The Morgan fingerprint density at radius 1 is 1.00 bits per heavy atom. The molecule has 1 nitrogen and oxygen atoms in total. The highest BCUT2D eigenvalue weighted by Gasteiger charge is 2.16. The number of rotatable bonds is 5. The fourth-order valence-electron chi connectivity index (χ4n) is 1.95. The molecule has 1 N–H and O–H groups in total. The molecule has 0 aromatic heterocycles. The van der Waals surface area contributed by atoms with E-state index in [1.54, 1.807) is 31.2 Å². The van der Waals surface area contributed by atoms with Gasteiger partial charge in [-0.2, -0.15) is 8.78 Å². The molecular formula is C15H13F4NS. The molecule has 21 heavy (non-hydrogen) atoms. The maximum absolute atomic E-state index is 13.7. The van der Waals surface area contributed by atoms with Gasteiger partial charge in [0.2, 0.25) is 0 Å². The van der Waals surface area contributed by atoms with E-state index in [9.17, 15) is 17.6 Å². The van der Waals surface area contributed by atoms with Crippen LogP contribution in [0.25, 0.3) is 0 Å². The number of hydrogen-bond donors (Lipinski definition) is 1. The van der Waals surface area contributed by atoms with Gasteiger partial charge in [-0.1, -0.05) is 36.0 Å². The Morgan fingerprint density at radius 2 is 1.71 bits per heavy atom. The number of thioether (sulfide) groups is 1. The second-order valence-electron chi connectivity index (χ2n) is 4.38. The fourth-order valence-corrected chi connectivity index (χ4v) is 2.55. The smallest absolute Gasteiger partial charge is 0.288 e. The van der Waals surface area contributed by atoms with Crippen molar-refractivity contribution < 1.29 is 17.6 Å². The summed E-state index contributed by atoms with van der Waals surface area (Å²) in [5, 5.41) is 2.94. The second-order valence-corrected chi connectivity index (χ2v) is 5.42. The standard InChI is InChI=1S/C15H13F4NS/c1-9(10-5-4-6-11(16)14(10)17)20-12-7-2-3-8-13(12)21-15(18)19/h2-9,15,20H,1H3. The zero-order valence-electron chi connectivity index (χ0n) is 11.1. The van der Waals surface area contributed by atoms with Crippen molar-refractivity contribution in [2.45, 2.75) is 23.6 Å². The van der Waals surface area contributed by atoms with Crippen molar-refractivity contribution in [3.8, 4) is 0 Å². The highest BCUT2D eigenvalue weighted by Crippen LogP contribution is 2.34. The number of halogens is 4. The lowest BCUT2D eigenvalue weighted by atomic mass is 10.1. The van der Waals surface area contributed by atoms with Crippen LogP contribution in [0.1, 0.15) is 18.5 Å². The predicted octanol–water partition coefficient (Wildman–Crippen LogP) is 5.45. The van der Waals surface area contributed by atoms with Crippen LogP contribution in [-0.4, -0.2) is 5.76 Å². The fraction of sp³-hybridized carbons (Fsp3) is 0.200. The van der Waals surface area contributed by atoms with Gasteiger partial charge < -0.3 is 5.32 Å². The monoisotopic (exact) mass is 315 g/mol.